The minimum absolute atomic E-state index is 0.0189. The first kappa shape index (κ1) is 25.5. The number of ether oxygens (including phenoxy) is 2. The van der Waals surface area contributed by atoms with Gasteiger partial charge in [0.15, 0.2) is 12.4 Å². The summed E-state index contributed by atoms with van der Waals surface area (Å²) >= 11 is 6.04. The molecular formula is C24H16ClF3N4O5. The van der Waals surface area contributed by atoms with E-state index in [0.29, 0.717) is 10.8 Å². The first-order valence-electron chi connectivity index (χ1n) is 10.5. The molecule has 0 aliphatic carbocycles. The molecule has 0 aliphatic rings. The van der Waals surface area contributed by atoms with Crippen molar-refractivity contribution in [1.82, 2.24) is 9.78 Å². The Morgan fingerprint density at radius 3 is 2.57 bits per heavy atom. The van der Waals surface area contributed by atoms with Gasteiger partial charge in [-0.3, -0.25) is 14.9 Å². The van der Waals surface area contributed by atoms with E-state index in [4.69, 9.17) is 21.1 Å². The molecule has 1 amide bonds. The highest BCUT2D eigenvalue weighted by Gasteiger charge is 2.30. The zero-order valence-electron chi connectivity index (χ0n) is 18.6. The monoisotopic (exact) mass is 532 g/mol. The van der Waals surface area contributed by atoms with Crippen molar-refractivity contribution in [2.75, 3.05) is 5.32 Å². The molecule has 0 bridgehead atoms. The van der Waals surface area contributed by atoms with Crippen molar-refractivity contribution in [3.05, 3.63) is 105 Å². The largest absolute Gasteiger partial charge is 0.470 e. The van der Waals surface area contributed by atoms with Crippen molar-refractivity contribution in [3.8, 4) is 17.2 Å². The highest BCUT2D eigenvalue weighted by Crippen LogP contribution is 2.34. The average Bonchev–Trinajstić information content (AvgIpc) is 3.32. The van der Waals surface area contributed by atoms with Crippen LogP contribution in [0.5, 0.6) is 17.2 Å². The number of carbonyl (C=O) groups excluding carboxylic acids is 1. The quantitative estimate of drug-likeness (QED) is 0.204. The number of alkyl halides is 3. The topological polar surface area (TPSA) is 109 Å². The van der Waals surface area contributed by atoms with E-state index < -0.39 is 28.3 Å². The summed E-state index contributed by atoms with van der Waals surface area (Å²) in [4.78, 5) is 23.3. The Morgan fingerprint density at radius 1 is 1.05 bits per heavy atom. The number of rotatable bonds is 8. The van der Waals surface area contributed by atoms with Crippen LogP contribution in [0.1, 0.15) is 16.1 Å². The summed E-state index contributed by atoms with van der Waals surface area (Å²) in [7, 11) is 0. The molecule has 13 heteroatoms. The molecule has 4 rings (SSSR count). The first-order chi connectivity index (χ1) is 17.6. The molecule has 0 spiro atoms. The van der Waals surface area contributed by atoms with Gasteiger partial charge in [0.05, 0.1) is 27.3 Å². The number of hydrogen-bond acceptors (Lipinski definition) is 6. The third kappa shape index (κ3) is 6.55. The van der Waals surface area contributed by atoms with Gasteiger partial charge in [-0.1, -0.05) is 29.8 Å². The summed E-state index contributed by atoms with van der Waals surface area (Å²) in [5.41, 5.74) is -1.44. The molecule has 0 atom stereocenters. The Labute approximate surface area is 212 Å². The lowest BCUT2D eigenvalue weighted by molar-refractivity contribution is -0.384. The smallest absolute Gasteiger partial charge is 0.416 e. The summed E-state index contributed by atoms with van der Waals surface area (Å²) in [6, 6.07) is 15.6. The van der Waals surface area contributed by atoms with Gasteiger partial charge in [0, 0.05) is 18.3 Å². The number of non-ortho nitro benzene ring substituents is 1. The molecule has 1 heterocycles. The normalized spacial score (nSPS) is 11.1. The molecule has 4 aromatic rings. The predicted molar refractivity (Wildman–Crippen MR) is 127 cm³/mol. The van der Waals surface area contributed by atoms with Gasteiger partial charge in [-0.2, -0.15) is 18.3 Å². The van der Waals surface area contributed by atoms with Gasteiger partial charge in [0.1, 0.15) is 17.2 Å². The number of aromatic nitrogens is 2. The van der Waals surface area contributed by atoms with Crippen LogP contribution in [-0.2, 0) is 12.9 Å². The van der Waals surface area contributed by atoms with E-state index >= 15 is 0 Å². The van der Waals surface area contributed by atoms with Crippen molar-refractivity contribution in [2.24, 2.45) is 0 Å². The highest BCUT2D eigenvalue weighted by molar-refractivity contribution is 6.32. The standard InChI is InChI=1S/C24H16ClF3N4O5/c25-20-6-1-2-7-22(20)36-14-31-9-8-21(30-31)23(33)29-16-11-17(32(34)35)13-19(12-16)37-18-5-3-4-15(10-18)24(26,27)28/h1-13H,14H2,(H,29,33). The van der Waals surface area contributed by atoms with Crippen LogP contribution in [-0.4, -0.2) is 20.6 Å². The molecule has 0 saturated heterocycles. The minimum atomic E-state index is -4.59. The van der Waals surface area contributed by atoms with Crippen LogP contribution in [0.25, 0.3) is 0 Å². The van der Waals surface area contributed by atoms with Crippen molar-refractivity contribution in [1.29, 1.82) is 0 Å². The van der Waals surface area contributed by atoms with Gasteiger partial charge in [-0.15, -0.1) is 0 Å². The molecule has 1 N–H and O–H groups in total. The van der Waals surface area contributed by atoms with Crippen molar-refractivity contribution in [3.63, 3.8) is 0 Å². The van der Waals surface area contributed by atoms with Crippen LogP contribution in [0.15, 0.2) is 79.0 Å². The summed E-state index contributed by atoms with van der Waals surface area (Å²) in [6.45, 7) is -0.0389. The van der Waals surface area contributed by atoms with E-state index in [2.05, 4.69) is 10.4 Å². The van der Waals surface area contributed by atoms with Gasteiger partial charge in [0.25, 0.3) is 11.6 Å². The lowest BCUT2D eigenvalue weighted by atomic mass is 10.2. The second kappa shape index (κ2) is 10.6. The molecule has 9 nitrogen and oxygen atoms in total. The lowest BCUT2D eigenvalue weighted by Gasteiger charge is -2.11. The predicted octanol–water partition coefficient (Wildman–Crippen LogP) is 6.54. The number of nitrogens with one attached hydrogen (secondary N) is 1. The van der Waals surface area contributed by atoms with Gasteiger partial charge in [-0.05, 0) is 36.4 Å². The number of hydrogen-bond donors (Lipinski definition) is 1. The Balaban J connectivity index is 1.49. The number of para-hydroxylation sites is 1. The molecule has 0 aliphatic heterocycles. The second-order valence-corrected chi connectivity index (χ2v) is 7.91. The van der Waals surface area contributed by atoms with Crippen molar-refractivity contribution < 1.29 is 32.4 Å². The van der Waals surface area contributed by atoms with Gasteiger partial charge < -0.3 is 14.8 Å². The SMILES string of the molecule is O=C(Nc1cc(Oc2cccc(C(F)(F)F)c2)cc([N+](=O)[O-])c1)c1ccn(COc2ccccc2Cl)n1. The Kier molecular flexibility index (Phi) is 7.30. The maximum Gasteiger partial charge on any atom is 0.416 e. The highest BCUT2D eigenvalue weighted by atomic mass is 35.5. The number of nitro benzene ring substituents is 1. The van der Waals surface area contributed by atoms with E-state index in [-0.39, 0.29) is 29.6 Å². The third-order valence-corrected chi connectivity index (χ3v) is 5.13. The fourth-order valence-corrected chi connectivity index (χ4v) is 3.33. The van der Waals surface area contributed by atoms with Gasteiger partial charge in [0.2, 0.25) is 0 Å². The number of nitro groups is 1. The van der Waals surface area contributed by atoms with Crippen LogP contribution in [0, 0.1) is 10.1 Å². The average molecular weight is 533 g/mol. The molecule has 0 saturated carbocycles. The van der Waals surface area contributed by atoms with E-state index in [1.165, 1.54) is 29.1 Å². The number of nitrogens with zero attached hydrogens (tertiary/aromatic N) is 3. The number of anilines is 1. The Morgan fingerprint density at radius 2 is 1.84 bits per heavy atom. The molecule has 3 aromatic carbocycles. The van der Waals surface area contributed by atoms with Gasteiger partial charge in [-0.25, -0.2) is 4.68 Å². The fraction of sp³-hybridized carbons (Fsp3) is 0.0833. The zero-order valence-corrected chi connectivity index (χ0v) is 19.4. The molecule has 37 heavy (non-hydrogen) atoms. The van der Waals surface area contributed by atoms with Crippen LogP contribution in [0.3, 0.4) is 0 Å². The van der Waals surface area contributed by atoms with Crippen LogP contribution in [0.4, 0.5) is 24.5 Å². The molecule has 190 valence electrons. The molecule has 1 aromatic heterocycles. The van der Waals surface area contributed by atoms with Crippen LogP contribution < -0.4 is 14.8 Å². The zero-order chi connectivity index (χ0) is 26.6. The maximum absolute atomic E-state index is 13.0. The number of benzene rings is 3. The Hall–Kier alpha value is -4.58. The Bertz CT molecular complexity index is 1460. The lowest BCUT2D eigenvalue weighted by Crippen LogP contribution is -2.14. The summed E-state index contributed by atoms with van der Waals surface area (Å²) in [5.74, 6) is -0.607. The summed E-state index contributed by atoms with van der Waals surface area (Å²) in [6.07, 6.45) is -3.11. The number of carbonyl (C=O) groups is 1. The van der Waals surface area contributed by atoms with Crippen LogP contribution in [0.2, 0.25) is 5.02 Å². The van der Waals surface area contributed by atoms with E-state index in [1.54, 1.807) is 24.3 Å². The second-order valence-electron chi connectivity index (χ2n) is 7.50. The molecule has 0 radical (unpaired) electrons. The molecular weight excluding hydrogens is 517 g/mol. The van der Waals surface area contributed by atoms with Crippen molar-refractivity contribution in [2.45, 2.75) is 12.9 Å². The summed E-state index contributed by atoms with van der Waals surface area (Å²) in [5, 5.41) is 18.3. The van der Waals surface area contributed by atoms with Gasteiger partial charge >= 0.3 is 6.18 Å². The minimum Gasteiger partial charge on any atom is -0.470 e. The van der Waals surface area contributed by atoms with Crippen LogP contribution >= 0.6 is 11.6 Å². The van der Waals surface area contributed by atoms with E-state index in [1.807, 2.05) is 0 Å². The van der Waals surface area contributed by atoms with E-state index in [9.17, 15) is 28.1 Å². The fourth-order valence-electron chi connectivity index (χ4n) is 3.14. The molecule has 0 fully saturated rings. The van der Waals surface area contributed by atoms with Crippen molar-refractivity contribution >= 4 is 28.9 Å². The number of halogens is 4. The maximum atomic E-state index is 13.0. The number of amides is 1. The molecule has 0 unspecified atom stereocenters. The third-order valence-electron chi connectivity index (χ3n) is 4.82. The summed E-state index contributed by atoms with van der Waals surface area (Å²) < 4.78 is 51.3. The first-order valence-corrected chi connectivity index (χ1v) is 10.8. The van der Waals surface area contributed by atoms with E-state index in [0.717, 1.165) is 30.3 Å².